The van der Waals surface area contributed by atoms with Crippen molar-refractivity contribution in [1.82, 2.24) is 14.7 Å². The van der Waals surface area contributed by atoms with E-state index in [4.69, 9.17) is 0 Å². The van der Waals surface area contributed by atoms with Crippen LogP contribution in [0.4, 0.5) is 10.1 Å². The predicted octanol–water partition coefficient (Wildman–Crippen LogP) is 2.03. The number of amides is 1. The second-order valence-electron chi connectivity index (χ2n) is 6.58. The molecule has 2 aromatic carbocycles. The number of piperazine rings is 1. The fraction of sp³-hybridized carbons (Fsp3) is 0.250. The van der Waals surface area contributed by atoms with Crippen molar-refractivity contribution in [2.75, 3.05) is 31.1 Å². The number of carbonyl (C=O) groups excluding carboxylic acids is 1. The van der Waals surface area contributed by atoms with Crippen LogP contribution in [-0.4, -0.2) is 46.8 Å². The van der Waals surface area contributed by atoms with E-state index in [1.54, 1.807) is 4.90 Å². The molecule has 0 atom stereocenters. The van der Waals surface area contributed by atoms with E-state index < -0.39 is 5.82 Å². The maximum Gasteiger partial charge on any atom is 0.275 e. The summed E-state index contributed by atoms with van der Waals surface area (Å²) >= 11 is 0. The first-order valence-electron chi connectivity index (χ1n) is 8.80. The lowest BCUT2D eigenvalue weighted by atomic mass is 10.1. The molecule has 0 aliphatic carbocycles. The van der Waals surface area contributed by atoms with Crippen molar-refractivity contribution >= 4 is 22.4 Å². The lowest BCUT2D eigenvalue weighted by Crippen LogP contribution is -2.49. The van der Waals surface area contributed by atoms with Crippen molar-refractivity contribution in [2.24, 2.45) is 7.05 Å². The van der Waals surface area contributed by atoms with Crippen LogP contribution in [0.15, 0.2) is 53.3 Å². The Bertz CT molecular complexity index is 1060. The average molecular weight is 366 g/mol. The van der Waals surface area contributed by atoms with Gasteiger partial charge >= 0.3 is 0 Å². The van der Waals surface area contributed by atoms with Gasteiger partial charge in [-0.05, 0) is 30.3 Å². The van der Waals surface area contributed by atoms with Crippen LogP contribution in [0.2, 0.25) is 0 Å². The zero-order valence-corrected chi connectivity index (χ0v) is 14.9. The first-order chi connectivity index (χ1) is 13.0. The van der Waals surface area contributed by atoms with Crippen molar-refractivity contribution in [3.05, 3.63) is 70.4 Å². The van der Waals surface area contributed by atoms with Gasteiger partial charge in [0.2, 0.25) is 0 Å². The van der Waals surface area contributed by atoms with Crippen molar-refractivity contribution in [1.29, 1.82) is 0 Å². The topological polar surface area (TPSA) is 58.4 Å². The summed E-state index contributed by atoms with van der Waals surface area (Å²) in [7, 11) is 1.50. The van der Waals surface area contributed by atoms with Gasteiger partial charge in [0, 0.05) is 44.3 Å². The molecule has 0 radical (unpaired) electrons. The number of anilines is 1. The minimum atomic E-state index is -0.500. The molecule has 3 aromatic rings. The lowest BCUT2D eigenvalue weighted by Gasteiger charge is -2.36. The zero-order valence-electron chi connectivity index (χ0n) is 14.9. The molecule has 1 aliphatic rings. The molecule has 0 spiro atoms. The van der Waals surface area contributed by atoms with Gasteiger partial charge in [0.25, 0.3) is 11.5 Å². The van der Waals surface area contributed by atoms with Crippen LogP contribution in [-0.2, 0) is 7.05 Å². The van der Waals surface area contributed by atoms with Crippen LogP contribution in [0.25, 0.3) is 10.8 Å². The number of halogens is 1. The third-order valence-electron chi connectivity index (χ3n) is 4.90. The van der Waals surface area contributed by atoms with E-state index in [0.717, 1.165) is 10.4 Å². The minimum Gasteiger partial charge on any atom is -0.368 e. The van der Waals surface area contributed by atoms with Crippen LogP contribution < -0.4 is 10.5 Å². The van der Waals surface area contributed by atoms with Crippen molar-refractivity contribution < 1.29 is 9.18 Å². The number of fused-ring (bicyclic) bond motifs is 1. The van der Waals surface area contributed by atoms with Gasteiger partial charge < -0.3 is 9.80 Å². The number of hydrogen-bond donors (Lipinski definition) is 0. The molecule has 1 aliphatic heterocycles. The molecule has 0 N–H and O–H groups in total. The highest BCUT2D eigenvalue weighted by Gasteiger charge is 2.25. The van der Waals surface area contributed by atoms with Gasteiger partial charge in [0.05, 0.1) is 5.39 Å². The van der Waals surface area contributed by atoms with E-state index in [1.165, 1.54) is 25.2 Å². The van der Waals surface area contributed by atoms with E-state index in [2.05, 4.69) is 10.00 Å². The Morgan fingerprint density at radius 3 is 2.41 bits per heavy atom. The van der Waals surface area contributed by atoms with Crippen LogP contribution in [0, 0.1) is 5.82 Å². The van der Waals surface area contributed by atoms with E-state index in [0.29, 0.717) is 31.6 Å². The highest BCUT2D eigenvalue weighted by molar-refractivity contribution is 6.04. The average Bonchev–Trinajstić information content (AvgIpc) is 2.71. The summed E-state index contributed by atoms with van der Waals surface area (Å²) in [6, 6.07) is 13.9. The maximum atomic E-state index is 13.7. The Kier molecular flexibility index (Phi) is 4.35. The molecule has 0 bridgehead atoms. The highest BCUT2D eigenvalue weighted by atomic mass is 19.1. The third kappa shape index (κ3) is 3.16. The monoisotopic (exact) mass is 366 g/mol. The molecule has 27 heavy (non-hydrogen) atoms. The number of para-hydroxylation sites is 1. The summed E-state index contributed by atoms with van der Waals surface area (Å²) in [6.45, 7) is 2.48. The molecule has 6 nitrogen and oxygen atoms in total. The molecule has 1 fully saturated rings. The standard InChI is InChI=1S/C20H19FN4O2/c1-23-19(26)16-8-7-14(21)13-17(16)18(22-23)20(27)25-11-9-24(10-12-25)15-5-3-2-4-6-15/h2-8,13H,9-12H2,1H3. The summed E-state index contributed by atoms with van der Waals surface area (Å²) in [5.41, 5.74) is 0.882. The van der Waals surface area contributed by atoms with Gasteiger partial charge in [0.1, 0.15) is 5.82 Å². The summed E-state index contributed by atoms with van der Waals surface area (Å²) in [6.07, 6.45) is 0. The van der Waals surface area contributed by atoms with Gasteiger partial charge in [0.15, 0.2) is 5.69 Å². The van der Waals surface area contributed by atoms with Crippen molar-refractivity contribution in [2.45, 2.75) is 0 Å². The van der Waals surface area contributed by atoms with Crippen LogP contribution in [0.3, 0.4) is 0 Å². The number of rotatable bonds is 2. The summed E-state index contributed by atoms with van der Waals surface area (Å²) in [5.74, 6) is -0.783. The van der Waals surface area contributed by atoms with E-state index in [9.17, 15) is 14.0 Å². The van der Waals surface area contributed by atoms with E-state index >= 15 is 0 Å². The molecule has 1 saturated heterocycles. The number of aryl methyl sites for hydroxylation is 1. The first kappa shape index (κ1) is 17.2. The SMILES string of the molecule is Cn1nc(C(=O)N2CCN(c3ccccc3)CC2)c2cc(F)ccc2c1=O. The number of carbonyl (C=O) groups is 1. The number of benzene rings is 2. The molecular weight excluding hydrogens is 347 g/mol. The second-order valence-corrected chi connectivity index (χ2v) is 6.58. The Hall–Kier alpha value is -3.22. The van der Waals surface area contributed by atoms with E-state index in [-0.39, 0.29) is 22.5 Å². The molecule has 7 heteroatoms. The lowest BCUT2D eigenvalue weighted by molar-refractivity contribution is 0.0740. The van der Waals surface area contributed by atoms with Crippen LogP contribution in [0.1, 0.15) is 10.5 Å². The van der Waals surface area contributed by atoms with Gasteiger partial charge in [-0.15, -0.1) is 0 Å². The number of nitrogens with zero attached hydrogens (tertiary/aromatic N) is 4. The summed E-state index contributed by atoms with van der Waals surface area (Å²) in [4.78, 5) is 29.2. The molecule has 138 valence electrons. The Balaban J connectivity index is 1.62. The summed E-state index contributed by atoms with van der Waals surface area (Å²) < 4.78 is 14.9. The quantitative estimate of drug-likeness (QED) is 0.696. The van der Waals surface area contributed by atoms with Crippen molar-refractivity contribution in [3.8, 4) is 0 Å². The molecule has 1 aromatic heterocycles. The number of hydrogen-bond acceptors (Lipinski definition) is 4. The van der Waals surface area contributed by atoms with Gasteiger partial charge in [-0.2, -0.15) is 5.10 Å². The predicted molar refractivity (Wildman–Crippen MR) is 102 cm³/mol. The van der Waals surface area contributed by atoms with Crippen molar-refractivity contribution in [3.63, 3.8) is 0 Å². The molecule has 1 amide bonds. The van der Waals surface area contributed by atoms with Gasteiger partial charge in [-0.3, -0.25) is 9.59 Å². The molecule has 2 heterocycles. The highest BCUT2D eigenvalue weighted by Crippen LogP contribution is 2.20. The molecular formula is C20H19FN4O2. The molecule has 0 saturated carbocycles. The van der Waals surface area contributed by atoms with Crippen LogP contribution >= 0.6 is 0 Å². The zero-order chi connectivity index (χ0) is 19.0. The normalized spacial score (nSPS) is 14.6. The largest absolute Gasteiger partial charge is 0.368 e. The maximum absolute atomic E-state index is 13.7. The second kappa shape index (κ2) is 6.83. The summed E-state index contributed by atoms with van der Waals surface area (Å²) in [5, 5.41) is 4.68. The minimum absolute atomic E-state index is 0.111. The van der Waals surface area contributed by atoms with Gasteiger partial charge in [-0.1, -0.05) is 18.2 Å². The smallest absolute Gasteiger partial charge is 0.275 e. The fourth-order valence-corrected chi connectivity index (χ4v) is 3.44. The Morgan fingerprint density at radius 2 is 1.70 bits per heavy atom. The molecule has 4 rings (SSSR count). The third-order valence-corrected chi connectivity index (χ3v) is 4.90. The van der Waals surface area contributed by atoms with E-state index in [1.807, 2.05) is 30.3 Å². The first-order valence-corrected chi connectivity index (χ1v) is 8.80. The molecule has 0 unspecified atom stereocenters. The fourth-order valence-electron chi connectivity index (χ4n) is 3.44. The Morgan fingerprint density at radius 1 is 1.00 bits per heavy atom. The van der Waals surface area contributed by atoms with Gasteiger partial charge in [-0.25, -0.2) is 9.07 Å². The Labute approximate surface area is 155 Å². The van der Waals surface area contributed by atoms with Crippen LogP contribution in [0.5, 0.6) is 0 Å². The number of aromatic nitrogens is 2.